The van der Waals surface area contributed by atoms with Crippen molar-refractivity contribution in [2.45, 2.75) is 13.5 Å². The van der Waals surface area contributed by atoms with Crippen LogP contribution in [0.25, 0.3) is 6.08 Å². The minimum Gasteiger partial charge on any atom is -0.458 e. The molecule has 2 rings (SSSR count). The summed E-state index contributed by atoms with van der Waals surface area (Å²) in [5.41, 5.74) is 3.07. The van der Waals surface area contributed by atoms with Crippen molar-refractivity contribution in [2.75, 3.05) is 0 Å². The molecule has 3 heteroatoms. The Morgan fingerprint density at radius 3 is 2.40 bits per heavy atom. The van der Waals surface area contributed by atoms with Crippen LogP contribution < -0.4 is 0 Å². The van der Waals surface area contributed by atoms with Gasteiger partial charge in [0.15, 0.2) is 0 Å². The van der Waals surface area contributed by atoms with Gasteiger partial charge in [0.1, 0.15) is 6.61 Å². The molecule has 0 aliphatic rings. The van der Waals surface area contributed by atoms with Crippen LogP contribution in [0, 0.1) is 6.92 Å². The van der Waals surface area contributed by atoms with Gasteiger partial charge in [-0.25, -0.2) is 4.79 Å². The molecule has 0 radical (unpaired) electrons. The molecule has 0 spiro atoms. The van der Waals surface area contributed by atoms with Gasteiger partial charge in [-0.3, -0.25) is 0 Å². The highest BCUT2D eigenvalue weighted by Crippen LogP contribution is 2.10. The van der Waals surface area contributed by atoms with Gasteiger partial charge in [-0.15, -0.1) is 0 Å². The van der Waals surface area contributed by atoms with Gasteiger partial charge in [-0.2, -0.15) is 0 Å². The van der Waals surface area contributed by atoms with E-state index in [1.807, 2.05) is 43.3 Å². The van der Waals surface area contributed by atoms with Gasteiger partial charge in [-0.05, 0) is 36.3 Å². The van der Waals surface area contributed by atoms with Crippen molar-refractivity contribution in [3.05, 3.63) is 76.3 Å². The second-order valence-corrected chi connectivity index (χ2v) is 4.91. The van der Waals surface area contributed by atoms with Crippen LogP contribution in [0.4, 0.5) is 0 Å². The highest BCUT2D eigenvalue weighted by atomic mass is 35.5. The average molecular weight is 287 g/mol. The predicted molar refractivity (Wildman–Crippen MR) is 81.5 cm³/mol. The van der Waals surface area contributed by atoms with E-state index in [0.29, 0.717) is 5.02 Å². The quantitative estimate of drug-likeness (QED) is 0.615. The van der Waals surface area contributed by atoms with Crippen LogP contribution in [0.3, 0.4) is 0 Å². The summed E-state index contributed by atoms with van der Waals surface area (Å²) in [4.78, 5) is 11.6. The van der Waals surface area contributed by atoms with Gasteiger partial charge in [0, 0.05) is 11.1 Å². The first-order valence-electron chi connectivity index (χ1n) is 6.29. The zero-order valence-corrected chi connectivity index (χ0v) is 11.9. The molecule has 0 amide bonds. The van der Waals surface area contributed by atoms with Crippen LogP contribution >= 0.6 is 11.6 Å². The van der Waals surface area contributed by atoms with Crippen molar-refractivity contribution < 1.29 is 9.53 Å². The Labute approximate surface area is 123 Å². The Balaban J connectivity index is 1.86. The number of benzene rings is 2. The van der Waals surface area contributed by atoms with Crippen LogP contribution in [0.2, 0.25) is 5.02 Å². The molecule has 0 aromatic heterocycles. The summed E-state index contributed by atoms with van der Waals surface area (Å²) in [6.45, 7) is 2.27. The fraction of sp³-hybridized carbons (Fsp3) is 0.118. The number of hydrogen-bond donors (Lipinski definition) is 0. The molecule has 0 fully saturated rings. The van der Waals surface area contributed by atoms with Crippen LogP contribution in [0.5, 0.6) is 0 Å². The molecule has 0 N–H and O–H groups in total. The molecule has 0 bridgehead atoms. The number of ether oxygens (including phenoxy) is 1. The zero-order valence-electron chi connectivity index (χ0n) is 11.2. The molecule has 0 heterocycles. The Morgan fingerprint density at radius 1 is 1.10 bits per heavy atom. The minimum absolute atomic E-state index is 0.244. The highest BCUT2D eigenvalue weighted by molar-refractivity contribution is 6.30. The first kappa shape index (κ1) is 14.4. The first-order valence-corrected chi connectivity index (χ1v) is 6.67. The van der Waals surface area contributed by atoms with E-state index in [2.05, 4.69) is 0 Å². The van der Waals surface area contributed by atoms with Crippen molar-refractivity contribution in [1.82, 2.24) is 0 Å². The highest BCUT2D eigenvalue weighted by Gasteiger charge is 1.99. The number of carbonyl (C=O) groups is 1. The molecule has 102 valence electrons. The van der Waals surface area contributed by atoms with E-state index in [4.69, 9.17) is 16.3 Å². The van der Waals surface area contributed by atoms with Crippen molar-refractivity contribution in [2.24, 2.45) is 0 Å². The summed E-state index contributed by atoms with van der Waals surface area (Å²) in [5, 5.41) is 0.666. The molecule has 2 aromatic rings. The first-order chi connectivity index (χ1) is 9.63. The van der Waals surface area contributed by atoms with Gasteiger partial charge in [0.25, 0.3) is 0 Å². The maximum absolute atomic E-state index is 11.6. The number of hydrogen-bond acceptors (Lipinski definition) is 2. The molecule has 2 nitrogen and oxygen atoms in total. The topological polar surface area (TPSA) is 26.3 Å². The van der Waals surface area contributed by atoms with E-state index in [9.17, 15) is 4.79 Å². The number of rotatable bonds is 4. The van der Waals surface area contributed by atoms with E-state index in [1.54, 1.807) is 18.2 Å². The summed E-state index contributed by atoms with van der Waals surface area (Å²) in [5.74, 6) is -0.361. The standard InChI is InChI=1S/C17H15ClO2/c1-13-2-4-14(5-3-13)8-11-17(19)20-12-15-6-9-16(18)10-7-15/h2-11H,12H2,1H3/b11-8-. The third-order valence-electron chi connectivity index (χ3n) is 2.78. The van der Waals surface area contributed by atoms with Gasteiger partial charge >= 0.3 is 5.97 Å². The van der Waals surface area contributed by atoms with Crippen LogP contribution in [-0.2, 0) is 16.1 Å². The van der Waals surface area contributed by atoms with Crippen molar-refractivity contribution >= 4 is 23.6 Å². The van der Waals surface area contributed by atoms with E-state index in [1.165, 1.54) is 11.6 Å². The third kappa shape index (κ3) is 4.56. The number of esters is 1. The minimum atomic E-state index is -0.361. The van der Waals surface area contributed by atoms with Gasteiger partial charge in [-0.1, -0.05) is 53.6 Å². The summed E-state index contributed by atoms with van der Waals surface area (Å²) in [7, 11) is 0. The average Bonchev–Trinajstić information content (AvgIpc) is 2.46. The summed E-state index contributed by atoms with van der Waals surface area (Å²) in [6, 6.07) is 15.1. The second-order valence-electron chi connectivity index (χ2n) is 4.48. The SMILES string of the molecule is Cc1ccc(/C=C\C(=O)OCc2ccc(Cl)cc2)cc1. The molecule has 20 heavy (non-hydrogen) atoms. The lowest BCUT2D eigenvalue weighted by Gasteiger charge is -2.02. The van der Waals surface area contributed by atoms with E-state index in [-0.39, 0.29) is 12.6 Å². The summed E-state index contributed by atoms with van der Waals surface area (Å²) < 4.78 is 5.14. The predicted octanol–water partition coefficient (Wildman–Crippen LogP) is 4.41. The molecule has 0 unspecified atom stereocenters. The molecule has 2 aromatic carbocycles. The molecule has 0 saturated heterocycles. The Hall–Kier alpha value is -2.06. The number of carbonyl (C=O) groups excluding carboxylic acids is 1. The fourth-order valence-electron chi connectivity index (χ4n) is 1.63. The summed E-state index contributed by atoms with van der Waals surface area (Å²) in [6.07, 6.45) is 3.17. The van der Waals surface area contributed by atoms with Crippen molar-refractivity contribution in [3.8, 4) is 0 Å². The van der Waals surface area contributed by atoms with Crippen LogP contribution in [-0.4, -0.2) is 5.97 Å². The van der Waals surface area contributed by atoms with Crippen LogP contribution in [0.1, 0.15) is 16.7 Å². The normalized spacial score (nSPS) is 10.7. The largest absolute Gasteiger partial charge is 0.458 e. The van der Waals surface area contributed by atoms with E-state index < -0.39 is 0 Å². The monoisotopic (exact) mass is 286 g/mol. The van der Waals surface area contributed by atoms with Gasteiger partial charge < -0.3 is 4.74 Å². The molecule has 0 aliphatic carbocycles. The number of aryl methyl sites for hydroxylation is 1. The molecule has 0 saturated carbocycles. The third-order valence-corrected chi connectivity index (χ3v) is 3.04. The van der Waals surface area contributed by atoms with E-state index >= 15 is 0 Å². The van der Waals surface area contributed by atoms with Gasteiger partial charge in [0.05, 0.1) is 0 Å². The molecular weight excluding hydrogens is 272 g/mol. The number of halogens is 1. The lowest BCUT2D eigenvalue weighted by Crippen LogP contribution is -2.00. The summed E-state index contributed by atoms with van der Waals surface area (Å²) >= 11 is 5.78. The second kappa shape index (κ2) is 6.92. The maximum Gasteiger partial charge on any atom is 0.331 e. The Bertz CT molecular complexity index is 598. The Morgan fingerprint density at radius 2 is 1.75 bits per heavy atom. The van der Waals surface area contributed by atoms with Crippen molar-refractivity contribution in [3.63, 3.8) is 0 Å². The Kier molecular flexibility index (Phi) is 4.97. The molecule has 0 aliphatic heterocycles. The van der Waals surface area contributed by atoms with Crippen molar-refractivity contribution in [1.29, 1.82) is 0 Å². The smallest absolute Gasteiger partial charge is 0.331 e. The molecular formula is C17H15ClO2. The maximum atomic E-state index is 11.6. The molecule has 0 atom stereocenters. The zero-order chi connectivity index (χ0) is 14.4. The van der Waals surface area contributed by atoms with Crippen LogP contribution in [0.15, 0.2) is 54.6 Å². The van der Waals surface area contributed by atoms with Gasteiger partial charge in [0.2, 0.25) is 0 Å². The lowest BCUT2D eigenvalue weighted by molar-refractivity contribution is -0.138. The lowest BCUT2D eigenvalue weighted by atomic mass is 10.1. The fourth-order valence-corrected chi connectivity index (χ4v) is 1.75. The van der Waals surface area contributed by atoms with E-state index in [0.717, 1.165) is 11.1 Å².